The van der Waals surface area contributed by atoms with Gasteiger partial charge in [0.25, 0.3) is 0 Å². The summed E-state index contributed by atoms with van der Waals surface area (Å²) >= 11 is 3.63. The number of allylic oxidation sites excluding steroid dienone is 1. The van der Waals surface area contributed by atoms with Gasteiger partial charge in [-0.25, -0.2) is 0 Å². The van der Waals surface area contributed by atoms with Gasteiger partial charge in [-0.15, -0.1) is 22.7 Å². The Morgan fingerprint density at radius 3 is 1.98 bits per heavy atom. The highest BCUT2D eigenvalue weighted by atomic mass is 32.1. The van der Waals surface area contributed by atoms with Crippen molar-refractivity contribution in [2.45, 2.75) is 12.8 Å². The molecule has 9 rings (SSSR count). The van der Waals surface area contributed by atoms with E-state index < -0.39 is 0 Å². The second-order valence-electron chi connectivity index (χ2n) is 10.6. The third-order valence-corrected chi connectivity index (χ3v) is 10.9. The maximum atomic E-state index is 14.0. The van der Waals surface area contributed by atoms with Gasteiger partial charge in [-0.2, -0.15) is 0 Å². The molecule has 2 nitrogen and oxygen atoms in total. The molecular weight excluding hydrogens is 541 g/mol. The summed E-state index contributed by atoms with van der Waals surface area (Å²) < 4.78 is 10.6. The first kappa shape index (κ1) is 23.2. The number of thiophene rings is 2. The molecule has 0 saturated carbocycles. The van der Waals surface area contributed by atoms with Gasteiger partial charge >= 0.3 is 0 Å². The first-order chi connectivity index (χ1) is 20.3. The van der Waals surface area contributed by atoms with Gasteiger partial charge in [0, 0.05) is 46.4 Å². The average molecular weight is 563 g/mol. The third kappa shape index (κ3) is 3.32. The van der Waals surface area contributed by atoms with E-state index in [4.69, 9.17) is 4.42 Å². The van der Waals surface area contributed by atoms with Crippen molar-refractivity contribution in [3.8, 4) is 11.1 Å². The van der Waals surface area contributed by atoms with Crippen molar-refractivity contribution in [2.24, 2.45) is 0 Å². The first-order valence-corrected chi connectivity index (χ1v) is 15.5. The Labute approximate surface area is 243 Å². The molecule has 0 N–H and O–H groups in total. The molecule has 0 bridgehead atoms. The zero-order chi connectivity index (χ0) is 27.1. The average Bonchev–Trinajstić information content (AvgIpc) is 3.60. The monoisotopic (exact) mass is 562 g/mol. The number of hydrogen-bond donors (Lipinski definition) is 0. The summed E-state index contributed by atoms with van der Waals surface area (Å²) in [5.41, 5.74) is 6.94. The number of fused-ring (bicyclic) bond motifs is 8. The number of aryl methyl sites for hydroxylation is 1. The van der Waals surface area contributed by atoms with E-state index in [2.05, 4.69) is 84.9 Å². The lowest BCUT2D eigenvalue weighted by Crippen LogP contribution is -2.05. The van der Waals surface area contributed by atoms with Gasteiger partial charge in [0.2, 0.25) is 5.43 Å². The van der Waals surface area contributed by atoms with Crippen LogP contribution in [0.4, 0.5) is 0 Å². The molecule has 0 unspecified atom stereocenters. The second-order valence-corrected chi connectivity index (χ2v) is 12.7. The Kier molecular flexibility index (Phi) is 4.95. The standard InChI is InChI=1S/C37H22O2S2/c38-33-29-17-5-11-23(27-15-7-13-25-21-9-1-3-19-31(21)40-36(25)27)34(29)39-35-24(12-6-18-30(33)35)28-16-8-14-26-22-10-2-4-20-32(22)41-37(26)28/h1-7,9-13,15-20H,8,14H2. The summed E-state index contributed by atoms with van der Waals surface area (Å²) in [6, 6.07) is 35.6. The molecule has 0 spiro atoms. The van der Waals surface area contributed by atoms with E-state index in [9.17, 15) is 4.79 Å². The van der Waals surface area contributed by atoms with Crippen molar-refractivity contribution in [3.63, 3.8) is 0 Å². The van der Waals surface area contributed by atoms with Crippen LogP contribution in [0.25, 0.3) is 68.9 Å². The molecule has 0 atom stereocenters. The minimum atomic E-state index is 0.0152. The summed E-state index contributed by atoms with van der Waals surface area (Å²) in [5.74, 6) is 0. The highest BCUT2D eigenvalue weighted by molar-refractivity contribution is 7.26. The zero-order valence-corrected chi connectivity index (χ0v) is 23.6. The maximum Gasteiger partial charge on any atom is 0.200 e. The highest BCUT2D eigenvalue weighted by Gasteiger charge is 2.23. The minimum absolute atomic E-state index is 0.0152. The molecule has 1 aliphatic rings. The minimum Gasteiger partial charge on any atom is -0.455 e. The van der Waals surface area contributed by atoms with Crippen LogP contribution >= 0.6 is 22.7 Å². The van der Waals surface area contributed by atoms with E-state index in [0.29, 0.717) is 21.9 Å². The smallest absolute Gasteiger partial charge is 0.200 e. The third-order valence-electron chi connectivity index (χ3n) is 8.39. The molecular formula is C37H22O2S2. The number of hydrogen-bond acceptors (Lipinski definition) is 4. The molecule has 4 heteroatoms. The first-order valence-electron chi connectivity index (χ1n) is 13.9. The summed E-state index contributed by atoms with van der Waals surface area (Å²) in [5, 5.41) is 5.07. The molecule has 0 saturated heterocycles. The van der Waals surface area contributed by atoms with Gasteiger partial charge in [-0.1, -0.05) is 84.9 Å². The van der Waals surface area contributed by atoms with Gasteiger partial charge in [0.1, 0.15) is 11.2 Å². The van der Waals surface area contributed by atoms with Crippen LogP contribution in [0.1, 0.15) is 22.4 Å². The molecule has 3 heterocycles. The van der Waals surface area contributed by atoms with Crippen molar-refractivity contribution >= 4 is 80.4 Å². The molecule has 0 fully saturated rings. The Morgan fingerprint density at radius 2 is 1.17 bits per heavy atom. The second kappa shape index (κ2) is 8.74. The molecule has 0 amide bonds. The van der Waals surface area contributed by atoms with Crippen molar-refractivity contribution < 1.29 is 4.42 Å². The van der Waals surface area contributed by atoms with Crippen LogP contribution in [0.3, 0.4) is 0 Å². The van der Waals surface area contributed by atoms with E-state index in [1.165, 1.54) is 46.3 Å². The summed E-state index contributed by atoms with van der Waals surface area (Å²) in [6.07, 6.45) is 4.32. The molecule has 1 aliphatic carbocycles. The molecule has 3 aromatic heterocycles. The number of para-hydroxylation sites is 2. The fourth-order valence-electron chi connectivity index (χ4n) is 6.53. The van der Waals surface area contributed by atoms with Crippen molar-refractivity contribution in [1.29, 1.82) is 0 Å². The van der Waals surface area contributed by atoms with Crippen molar-refractivity contribution in [2.75, 3.05) is 0 Å². The molecule has 194 valence electrons. The van der Waals surface area contributed by atoms with Crippen LogP contribution in [0.15, 0.2) is 118 Å². The topological polar surface area (TPSA) is 30.2 Å². The predicted octanol–water partition coefficient (Wildman–Crippen LogP) is 10.6. The summed E-state index contributed by atoms with van der Waals surface area (Å²) in [6.45, 7) is 0. The Balaban J connectivity index is 1.34. The number of rotatable bonds is 2. The maximum absolute atomic E-state index is 14.0. The van der Waals surface area contributed by atoms with Crippen LogP contribution in [-0.4, -0.2) is 0 Å². The van der Waals surface area contributed by atoms with Gasteiger partial charge in [0.15, 0.2) is 0 Å². The van der Waals surface area contributed by atoms with E-state index in [0.717, 1.165) is 29.5 Å². The molecule has 0 aliphatic heterocycles. The van der Waals surface area contributed by atoms with Crippen molar-refractivity contribution in [1.82, 2.24) is 0 Å². The summed E-state index contributed by atoms with van der Waals surface area (Å²) in [4.78, 5) is 15.3. The van der Waals surface area contributed by atoms with E-state index in [1.807, 2.05) is 35.6 Å². The van der Waals surface area contributed by atoms with Crippen LogP contribution in [0.5, 0.6) is 0 Å². The molecule has 41 heavy (non-hydrogen) atoms. The highest BCUT2D eigenvalue weighted by Crippen LogP contribution is 2.45. The summed E-state index contributed by atoms with van der Waals surface area (Å²) in [7, 11) is 0. The molecule has 0 radical (unpaired) electrons. The fraction of sp³-hybridized carbons (Fsp3) is 0.0541. The van der Waals surface area contributed by atoms with Gasteiger partial charge in [-0.3, -0.25) is 4.79 Å². The predicted molar refractivity (Wildman–Crippen MR) is 176 cm³/mol. The quantitative estimate of drug-likeness (QED) is 0.196. The van der Waals surface area contributed by atoms with Gasteiger partial charge < -0.3 is 4.42 Å². The normalized spacial score (nSPS) is 13.4. The molecule has 5 aromatic carbocycles. The Hall–Kier alpha value is -4.51. The van der Waals surface area contributed by atoms with E-state index in [-0.39, 0.29) is 5.43 Å². The zero-order valence-electron chi connectivity index (χ0n) is 21.9. The lowest BCUT2D eigenvalue weighted by molar-refractivity contribution is 0.660. The number of benzene rings is 5. The molecule has 8 aromatic rings. The van der Waals surface area contributed by atoms with Crippen LogP contribution in [0.2, 0.25) is 0 Å². The fourth-order valence-corrected chi connectivity index (χ4v) is 9.07. The Bertz CT molecular complexity index is 2450. The SMILES string of the molecule is O=c1c2cccc(C3=CCCc4c3sc3ccccc43)c2oc2c(-c3cccc4c3sc3ccccc34)cccc12. The lowest BCUT2D eigenvalue weighted by Gasteiger charge is -2.16. The van der Waals surface area contributed by atoms with E-state index >= 15 is 0 Å². The van der Waals surface area contributed by atoms with Crippen LogP contribution in [0, 0.1) is 0 Å². The van der Waals surface area contributed by atoms with Crippen LogP contribution < -0.4 is 5.43 Å². The van der Waals surface area contributed by atoms with Crippen molar-refractivity contribution in [3.05, 3.63) is 135 Å². The lowest BCUT2D eigenvalue weighted by atomic mass is 9.90. The largest absolute Gasteiger partial charge is 0.455 e. The van der Waals surface area contributed by atoms with E-state index in [1.54, 1.807) is 11.3 Å². The Morgan fingerprint density at radius 1 is 0.561 bits per heavy atom. The van der Waals surface area contributed by atoms with Gasteiger partial charge in [0.05, 0.1) is 10.8 Å². The van der Waals surface area contributed by atoms with Gasteiger partial charge in [-0.05, 0) is 53.6 Å². The van der Waals surface area contributed by atoms with Crippen LogP contribution in [-0.2, 0) is 6.42 Å².